The van der Waals surface area contributed by atoms with Crippen LogP contribution in [0.25, 0.3) is 0 Å². The van der Waals surface area contributed by atoms with Crippen LogP contribution in [0.2, 0.25) is 0 Å². The molecule has 2 aliphatic rings. The van der Waals surface area contributed by atoms with Crippen molar-refractivity contribution < 1.29 is 13.2 Å². The fourth-order valence-corrected chi connectivity index (χ4v) is 3.96. The number of carbonyl (C=O) groups excluding carboxylic acids is 1. The molecule has 0 aromatic heterocycles. The molecule has 2 aliphatic heterocycles. The number of sulfonamides is 1. The van der Waals surface area contributed by atoms with Gasteiger partial charge in [0.25, 0.3) is 0 Å². The summed E-state index contributed by atoms with van der Waals surface area (Å²) in [5.74, 6) is 0.0847. The van der Waals surface area contributed by atoms with Gasteiger partial charge in [-0.3, -0.25) is 4.79 Å². The van der Waals surface area contributed by atoms with Crippen molar-refractivity contribution in [1.29, 1.82) is 0 Å². The van der Waals surface area contributed by atoms with Crippen molar-refractivity contribution in [1.82, 2.24) is 14.5 Å². The average Bonchev–Trinajstić information content (AvgIpc) is 2.67. The Hall–Kier alpha value is -0.660. The summed E-state index contributed by atoms with van der Waals surface area (Å²) in [5.41, 5.74) is 0.420. The van der Waals surface area contributed by atoms with E-state index in [1.165, 1.54) is 36.9 Å². The lowest BCUT2D eigenvalue weighted by Gasteiger charge is -2.37. The molecule has 1 amide bonds. The van der Waals surface area contributed by atoms with E-state index in [2.05, 4.69) is 5.32 Å². The van der Waals surface area contributed by atoms with Gasteiger partial charge in [0.2, 0.25) is 15.9 Å². The predicted molar refractivity (Wildman–Crippen MR) is 87.1 cm³/mol. The zero-order valence-electron chi connectivity index (χ0n) is 13.8. The molecule has 0 saturated carbocycles. The second-order valence-electron chi connectivity index (χ2n) is 6.82. The van der Waals surface area contributed by atoms with Gasteiger partial charge in [0.1, 0.15) is 0 Å². The van der Waals surface area contributed by atoms with Gasteiger partial charge in [-0.25, -0.2) is 12.7 Å². The minimum Gasteiger partial charge on any atom is -0.343 e. The fourth-order valence-electron chi connectivity index (χ4n) is 3.54. The highest BCUT2D eigenvalue weighted by molar-refractivity contribution is 7.88. The second-order valence-corrected chi connectivity index (χ2v) is 8.91. The Morgan fingerprint density at radius 1 is 1.18 bits per heavy atom. The van der Waals surface area contributed by atoms with E-state index in [0.717, 1.165) is 39.0 Å². The Morgan fingerprint density at radius 3 is 2.50 bits per heavy atom. The highest BCUT2D eigenvalue weighted by Crippen LogP contribution is 2.39. The number of carbonyl (C=O) groups is 1. The van der Waals surface area contributed by atoms with Crippen LogP contribution >= 0.6 is 0 Å². The van der Waals surface area contributed by atoms with Gasteiger partial charge >= 0.3 is 0 Å². The van der Waals surface area contributed by atoms with Crippen molar-refractivity contribution in [3.8, 4) is 0 Å². The lowest BCUT2D eigenvalue weighted by Crippen LogP contribution is -2.38. The molecule has 2 fully saturated rings. The van der Waals surface area contributed by atoms with E-state index in [1.54, 1.807) is 0 Å². The molecule has 0 aromatic rings. The van der Waals surface area contributed by atoms with Crippen LogP contribution in [0.4, 0.5) is 0 Å². The fraction of sp³-hybridized carbons (Fsp3) is 0.933. The molecule has 0 bridgehead atoms. The summed E-state index contributed by atoms with van der Waals surface area (Å²) < 4.78 is 24.0. The van der Waals surface area contributed by atoms with Crippen molar-refractivity contribution >= 4 is 15.9 Å². The van der Waals surface area contributed by atoms with E-state index in [0.29, 0.717) is 5.41 Å². The van der Waals surface area contributed by atoms with Gasteiger partial charge in [-0.05, 0) is 50.6 Å². The number of amides is 1. The molecule has 0 aliphatic carbocycles. The SMILES string of the molecule is CN(CCC(=O)N1CCCC2(CCNCC2)CC1)S(C)(=O)=O. The maximum absolute atomic E-state index is 12.3. The summed E-state index contributed by atoms with van der Waals surface area (Å²) in [4.78, 5) is 14.3. The smallest absolute Gasteiger partial charge is 0.223 e. The number of hydrogen-bond acceptors (Lipinski definition) is 4. The first-order valence-corrected chi connectivity index (χ1v) is 10.1. The van der Waals surface area contributed by atoms with Gasteiger partial charge in [-0.2, -0.15) is 0 Å². The van der Waals surface area contributed by atoms with Crippen molar-refractivity contribution in [3.05, 3.63) is 0 Å². The highest BCUT2D eigenvalue weighted by atomic mass is 32.2. The Kier molecular flexibility index (Phi) is 5.85. The zero-order chi connectivity index (χ0) is 16.2. The van der Waals surface area contributed by atoms with E-state index in [4.69, 9.17) is 0 Å². The first-order valence-electron chi connectivity index (χ1n) is 8.22. The Labute approximate surface area is 134 Å². The maximum atomic E-state index is 12.3. The standard InChI is InChI=1S/C15H29N3O3S/c1-17(22(2,20)21)12-4-14(19)18-11-3-5-15(8-13-18)6-9-16-10-7-15/h16H,3-13H2,1-2H3. The summed E-state index contributed by atoms with van der Waals surface area (Å²) in [7, 11) is -1.68. The van der Waals surface area contributed by atoms with E-state index in [-0.39, 0.29) is 18.9 Å². The molecule has 0 unspecified atom stereocenters. The molecule has 22 heavy (non-hydrogen) atoms. The van der Waals surface area contributed by atoms with Gasteiger partial charge < -0.3 is 10.2 Å². The Balaban J connectivity index is 1.84. The molecule has 0 aromatic carbocycles. The molecule has 0 atom stereocenters. The molecule has 6 nitrogen and oxygen atoms in total. The van der Waals surface area contributed by atoms with Gasteiger partial charge in [0.05, 0.1) is 6.26 Å². The van der Waals surface area contributed by atoms with Crippen LogP contribution in [0.3, 0.4) is 0 Å². The maximum Gasteiger partial charge on any atom is 0.223 e. The van der Waals surface area contributed by atoms with Gasteiger partial charge in [0, 0.05) is 33.1 Å². The van der Waals surface area contributed by atoms with Crippen LogP contribution in [0, 0.1) is 5.41 Å². The highest BCUT2D eigenvalue weighted by Gasteiger charge is 2.34. The van der Waals surface area contributed by atoms with Crippen LogP contribution in [0.5, 0.6) is 0 Å². The monoisotopic (exact) mass is 331 g/mol. The predicted octanol–water partition coefficient (Wildman–Crippen LogP) is 0.650. The normalized spacial score (nSPS) is 22.8. The van der Waals surface area contributed by atoms with Crippen LogP contribution in [0.1, 0.15) is 38.5 Å². The molecule has 2 rings (SSSR count). The van der Waals surface area contributed by atoms with E-state index in [1.807, 2.05) is 4.90 Å². The summed E-state index contributed by atoms with van der Waals surface area (Å²) in [5, 5.41) is 3.41. The third-order valence-electron chi connectivity index (χ3n) is 5.27. The average molecular weight is 331 g/mol. The van der Waals surface area contributed by atoms with Gasteiger partial charge in [-0.1, -0.05) is 0 Å². The molecule has 2 saturated heterocycles. The van der Waals surface area contributed by atoms with E-state index < -0.39 is 10.0 Å². The van der Waals surface area contributed by atoms with Gasteiger partial charge in [0.15, 0.2) is 0 Å². The number of hydrogen-bond donors (Lipinski definition) is 1. The molecule has 1 spiro atoms. The third kappa shape index (κ3) is 4.67. The Morgan fingerprint density at radius 2 is 1.86 bits per heavy atom. The van der Waals surface area contributed by atoms with Crippen LogP contribution in [-0.2, 0) is 14.8 Å². The second kappa shape index (κ2) is 7.27. The molecular weight excluding hydrogens is 302 g/mol. The Bertz CT molecular complexity index is 486. The number of nitrogens with one attached hydrogen (secondary N) is 1. The third-order valence-corrected chi connectivity index (χ3v) is 6.59. The molecule has 128 valence electrons. The van der Waals surface area contributed by atoms with Crippen LogP contribution in [0.15, 0.2) is 0 Å². The van der Waals surface area contributed by atoms with Crippen molar-refractivity contribution in [2.75, 3.05) is 46.0 Å². The van der Waals surface area contributed by atoms with Crippen molar-refractivity contribution in [3.63, 3.8) is 0 Å². The topological polar surface area (TPSA) is 69.7 Å². The van der Waals surface area contributed by atoms with Crippen molar-refractivity contribution in [2.24, 2.45) is 5.41 Å². The minimum atomic E-state index is -3.20. The van der Waals surface area contributed by atoms with Crippen molar-refractivity contribution in [2.45, 2.75) is 38.5 Å². The number of likely N-dealkylation sites (tertiary alicyclic amines) is 1. The lowest BCUT2D eigenvalue weighted by atomic mass is 9.73. The molecule has 1 N–H and O–H groups in total. The summed E-state index contributed by atoms with van der Waals surface area (Å²) in [6.07, 6.45) is 7.23. The van der Waals surface area contributed by atoms with E-state index >= 15 is 0 Å². The molecule has 2 heterocycles. The van der Waals surface area contributed by atoms with Gasteiger partial charge in [-0.15, -0.1) is 0 Å². The quantitative estimate of drug-likeness (QED) is 0.821. The first-order chi connectivity index (χ1) is 10.3. The molecule has 0 radical (unpaired) electrons. The summed E-state index contributed by atoms with van der Waals surface area (Å²) in [6, 6.07) is 0. The molecule has 7 heteroatoms. The number of piperidine rings is 1. The number of rotatable bonds is 4. The summed E-state index contributed by atoms with van der Waals surface area (Å²) in [6.45, 7) is 4.08. The van der Waals surface area contributed by atoms with Crippen LogP contribution in [-0.4, -0.2) is 69.6 Å². The summed E-state index contributed by atoms with van der Waals surface area (Å²) >= 11 is 0. The zero-order valence-corrected chi connectivity index (χ0v) is 14.6. The van der Waals surface area contributed by atoms with E-state index in [9.17, 15) is 13.2 Å². The lowest BCUT2D eigenvalue weighted by molar-refractivity contribution is -0.131. The van der Waals surface area contributed by atoms with Crippen LogP contribution < -0.4 is 5.32 Å². The number of nitrogens with zero attached hydrogens (tertiary/aromatic N) is 2. The first kappa shape index (κ1) is 17.7. The largest absolute Gasteiger partial charge is 0.343 e. The molecular formula is C15H29N3O3S. The minimum absolute atomic E-state index is 0.0847.